The van der Waals surface area contributed by atoms with Gasteiger partial charge in [0.2, 0.25) is 10.0 Å². The van der Waals surface area contributed by atoms with E-state index < -0.39 is 10.0 Å². The molecule has 4 aromatic rings. The van der Waals surface area contributed by atoms with Crippen LogP contribution in [0.1, 0.15) is 18.4 Å². The Morgan fingerprint density at radius 2 is 1.88 bits per heavy atom. The van der Waals surface area contributed by atoms with Crippen LogP contribution in [0.25, 0.3) is 21.0 Å². The van der Waals surface area contributed by atoms with Crippen molar-refractivity contribution in [3.63, 3.8) is 0 Å². The van der Waals surface area contributed by atoms with E-state index in [1.165, 1.54) is 40.1 Å². The molecule has 1 saturated heterocycles. The van der Waals surface area contributed by atoms with Crippen molar-refractivity contribution in [1.29, 1.82) is 0 Å². The number of H-pyrrole nitrogens is 1. The topological polar surface area (TPSA) is 68.4 Å². The Kier molecular flexibility index (Phi) is 6.61. The Hall–Kier alpha value is -2.46. The summed E-state index contributed by atoms with van der Waals surface area (Å²) >= 11 is 1.19. The third-order valence-electron chi connectivity index (χ3n) is 6.58. The average Bonchev–Trinajstić information content (AvgIpc) is 3.44. The van der Waals surface area contributed by atoms with Crippen LogP contribution in [0, 0.1) is 12.7 Å². The number of anilines is 1. The number of fused-ring (bicyclic) bond motifs is 2. The summed E-state index contributed by atoms with van der Waals surface area (Å²) in [6, 6.07) is 12.9. The quantitative estimate of drug-likeness (QED) is 0.344. The number of halogens is 1. The van der Waals surface area contributed by atoms with Crippen molar-refractivity contribution in [2.24, 2.45) is 0 Å². The highest BCUT2D eigenvalue weighted by molar-refractivity contribution is 7.91. The molecule has 9 heteroatoms. The molecule has 2 aromatic carbocycles. The van der Waals surface area contributed by atoms with Crippen molar-refractivity contribution >= 4 is 48.0 Å². The number of thiophene rings is 1. The first-order valence-electron chi connectivity index (χ1n) is 11.6. The monoisotopic (exact) mass is 500 g/mol. The van der Waals surface area contributed by atoms with Crippen LogP contribution in [0.4, 0.5) is 10.1 Å². The van der Waals surface area contributed by atoms with Gasteiger partial charge in [0.05, 0.1) is 0 Å². The van der Waals surface area contributed by atoms with Crippen LogP contribution in [-0.4, -0.2) is 57.6 Å². The number of aromatic amines is 1. The summed E-state index contributed by atoms with van der Waals surface area (Å²) < 4.78 is 43.0. The number of hydrogen-bond acceptors (Lipinski definition) is 5. The lowest BCUT2D eigenvalue weighted by atomic mass is 10.1. The first-order chi connectivity index (χ1) is 16.4. The molecule has 6 nitrogen and oxygen atoms in total. The van der Waals surface area contributed by atoms with Gasteiger partial charge >= 0.3 is 0 Å². The molecular weight excluding hydrogens is 471 g/mol. The second kappa shape index (κ2) is 9.65. The molecule has 5 rings (SSSR count). The fourth-order valence-corrected chi connectivity index (χ4v) is 7.58. The predicted octanol–water partition coefficient (Wildman–Crippen LogP) is 4.71. The SMILES string of the molecule is Cc1c(S(=O)(=O)NCCCCN2CCN(c3cccc4[nH]ccc34)CC2)sc2ccc(F)cc12. The number of nitrogens with zero attached hydrogens (tertiary/aromatic N) is 2. The second-order valence-corrected chi connectivity index (χ2v) is 11.8. The highest BCUT2D eigenvalue weighted by atomic mass is 32.2. The van der Waals surface area contributed by atoms with E-state index in [1.807, 2.05) is 6.20 Å². The number of aromatic nitrogens is 1. The Morgan fingerprint density at radius 3 is 2.71 bits per heavy atom. The van der Waals surface area contributed by atoms with E-state index in [1.54, 1.807) is 13.0 Å². The fourth-order valence-electron chi connectivity index (χ4n) is 4.72. The molecule has 0 saturated carbocycles. The van der Waals surface area contributed by atoms with Gasteiger partial charge in [0.1, 0.15) is 10.0 Å². The number of aryl methyl sites for hydroxylation is 1. The third-order valence-corrected chi connectivity index (χ3v) is 9.93. The fraction of sp³-hybridized carbons (Fsp3) is 0.360. The highest BCUT2D eigenvalue weighted by Crippen LogP contribution is 2.34. The average molecular weight is 501 g/mol. The van der Waals surface area contributed by atoms with E-state index in [-0.39, 0.29) is 10.0 Å². The lowest BCUT2D eigenvalue weighted by Gasteiger charge is -2.36. The summed E-state index contributed by atoms with van der Waals surface area (Å²) in [4.78, 5) is 8.18. The molecule has 0 unspecified atom stereocenters. The van der Waals surface area contributed by atoms with E-state index in [2.05, 4.69) is 43.8 Å². The van der Waals surface area contributed by atoms with Gasteiger partial charge in [0, 0.05) is 60.2 Å². The van der Waals surface area contributed by atoms with Gasteiger partial charge in [-0.15, -0.1) is 11.3 Å². The molecule has 2 N–H and O–H groups in total. The highest BCUT2D eigenvalue weighted by Gasteiger charge is 2.22. The molecule has 0 aliphatic carbocycles. The molecule has 0 atom stereocenters. The van der Waals surface area contributed by atoms with Crippen molar-refractivity contribution < 1.29 is 12.8 Å². The number of rotatable bonds is 8. The summed E-state index contributed by atoms with van der Waals surface area (Å²) in [5, 5.41) is 1.93. The van der Waals surface area contributed by atoms with Gasteiger partial charge in [-0.3, -0.25) is 4.90 Å². The maximum atomic E-state index is 13.6. The molecule has 1 fully saturated rings. The van der Waals surface area contributed by atoms with Gasteiger partial charge in [-0.2, -0.15) is 0 Å². The molecule has 1 aliphatic rings. The largest absolute Gasteiger partial charge is 0.368 e. The summed E-state index contributed by atoms with van der Waals surface area (Å²) in [6.45, 7) is 7.09. The predicted molar refractivity (Wildman–Crippen MR) is 138 cm³/mol. The van der Waals surface area contributed by atoms with Crippen LogP contribution in [0.15, 0.2) is 52.9 Å². The first-order valence-corrected chi connectivity index (χ1v) is 13.9. The number of hydrogen-bond donors (Lipinski definition) is 2. The Bertz CT molecular complexity index is 1410. The number of nitrogens with one attached hydrogen (secondary N) is 2. The van der Waals surface area contributed by atoms with E-state index in [4.69, 9.17) is 0 Å². The van der Waals surface area contributed by atoms with E-state index >= 15 is 0 Å². The Labute approximate surface area is 203 Å². The minimum Gasteiger partial charge on any atom is -0.368 e. The molecule has 0 radical (unpaired) electrons. The molecular formula is C25H29FN4O2S2. The number of sulfonamides is 1. The van der Waals surface area contributed by atoms with Gasteiger partial charge in [0.15, 0.2) is 0 Å². The van der Waals surface area contributed by atoms with Gasteiger partial charge in [0.25, 0.3) is 0 Å². The maximum Gasteiger partial charge on any atom is 0.250 e. The van der Waals surface area contributed by atoms with Gasteiger partial charge in [-0.1, -0.05) is 6.07 Å². The molecule has 0 bridgehead atoms. The maximum absolute atomic E-state index is 13.6. The van der Waals surface area contributed by atoms with Gasteiger partial charge in [-0.25, -0.2) is 17.5 Å². The van der Waals surface area contributed by atoms with Crippen molar-refractivity contribution in [3.05, 3.63) is 60.0 Å². The van der Waals surface area contributed by atoms with E-state index in [9.17, 15) is 12.8 Å². The lowest BCUT2D eigenvalue weighted by molar-refractivity contribution is 0.253. The molecule has 1 aliphatic heterocycles. The Morgan fingerprint density at radius 1 is 1.06 bits per heavy atom. The Balaban J connectivity index is 1.08. The van der Waals surface area contributed by atoms with Crippen molar-refractivity contribution in [1.82, 2.24) is 14.6 Å². The van der Waals surface area contributed by atoms with Crippen LogP contribution < -0.4 is 9.62 Å². The molecule has 34 heavy (non-hydrogen) atoms. The zero-order chi connectivity index (χ0) is 23.7. The minimum atomic E-state index is -3.60. The van der Waals surface area contributed by atoms with Crippen LogP contribution in [0.2, 0.25) is 0 Å². The van der Waals surface area contributed by atoms with Crippen molar-refractivity contribution in [3.8, 4) is 0 Å². The second-order valence-electron chi connectivity index (χ2n) is 8.80. The number of piperazine rings is 1. The number of benzene rings is 2. The summed E-state index contributed by atoms with van der Waals surface area (Å²) in [6.07, 6.45) is 3.70. The molecule has 0 amide bonds. The third kappa shape index (κ3) is 4.70. The van der Waals surface area contributed by atoms with Crippen LogP contribution >= 0.6 is 11.3 Å². The summed E-state index contributed by atoms with van der Waals surface area (Å²) in [5.74, 6) is -0.354. The molecule has 2 aromatic heterocycles. The lowest BCUT2D eigenvalue weighted by Crippen LogP contribution is -2.46. The number of unbranched alkanes of at least 4 members (excludes halogenated alkanes) is 1. The van der Waals surface area contributed by atoms with Crippen LogP contribution in [-0.2, 0) is 10.0 Å². The standard InChI is InChI=1S/C25H29FN4O2S2/c1-18-21-17-19(26)7-8-24(21)33-25(18)34(31,32)28-10-2-3-12-29-13-15-30(16-14-29)23-6-4-5-22-20(23)9-11-27-22/h4-9,11,17,27-28H,2-3,10,12-16H2,1H3. The zero-order valence-corrected chi connectivity index (χ0v) is 20.8. The summed E-state index contributed by atoms with van der Waals surface area (Å²) in [7, 11) is -3.60. The molecule has 3 heterocycles. The molecule has 180 valence electrons. The van der Waals surface area contributed by atoms with Crippen molar-refractivity contribution in [2.45, 2.75) is 24.0 Å². The van der Waals surface area contributed by atoms with Gasteiger partial charge in [-0.05, 0) is 73.7 Å². The summed E-state index contributed by atoms with van der Waals surface area (Å²) in [5.41, 5.74) is 3.06. The molecule has 0 spiro atoms. The van der Waals surface area contributed by atoms with E-state index in [0.29, 0.717) is 17.5 Å². The van der Waals surface area contributed by atoms with Gasteiger partial charge < -0.3 is 9.88 Å². The van der Waals surface area contributed by atoms with Crippen LogP contribution in [0.5, 0.6) is 0 Å². The first kappa shape index (κ1) is 23.3. The van der Waals surface area contributed by atoms with Crippen molar-refractivity contribution in [2.75, 3.05) is 44.2 Å². The van der Waals surface area contributed by atoms with Crippen LogP contribution in [0.3, 0.4) is 0 Å². The minimum absolute atomic E-state index is 0.279. The zero-order valence-electron chi connectivity index (χ0n) is 19.2. The normalized spacial score (nSPS) is 15.5. The smallest absolute Gasteiger partial charge is 0.250 e. The van der Waals surface area contributed by atoms with E-state index in [0.717, 1.165) is 50.3 Å².